The van der Waals surface area contributed by atoms with Crippen molar-refractivity contribution in [3.63, 3.8) is 0 Å². The summed E-state index contributed by atoms with van der Waals surface area (Å²) in [5.41, 5.74) is 1.03. The van der Waals surface area contributed by atoms with Crippen LogP contribution in [0, 0.1) is 5.92 Å². The van der Waals surface area contributed by atoms with Crippen molar-refractivity contribution in [2.75, 3.05) is 20.1 Å². The predicted molar refractivity (Wildman–Crippen MR) is 110 cm³/mol. The van der Waals surface area contributed by atoms with E-state index in [1.54, 1.807) is 7.05 Å². The van der Waals surface area contributed by atoms with Crippen molar-refractivity contribution in [3.05, 3.63) is 34.9 Å². The molecule has 2 rings (SSSR count). The summed E-state index contributed by atoms with van der Waals surface area (Å²) in [6, 6.07) is 7.97. The number of guanidine groups is 1. The molecule has 1 aliphatic rings. The largest absolute Gasteiger partial charge is 0.352 e. The van der Waals surface area contributed by atoms with Crippen molar-refractivity contribution in [2.24, 2.45) is 10.9 Å². The number of aliphatic imine (C=N–C) groups is 1. The van der Waals surface area contributed by atoms with Crippen LogP contribution in [0.25, 0.3) is 0 Å². The minimum absolute atomic E-state index is 0. The fourth-order valence-electron chi connectivity index (χ4n) is 2.65. The maximum Gasteiger partial charge on any atom is 0.225 e. The third kappa shape index (κ3) is 5.81. The number of nitrogens with one attached hydrogen (secondary N) is 2. The highest BCUT2D eigenvalue weighted by molar-refractivity contribution is 14.0. The molecular weight excluding hydrogens is 439 g/mol. The molecule has 1 heterocycles. The number of benzene rings is 1. The molecule has 0 spiro atoms. The second-order valence-electron chi connectivity index (χ2n) is 6.09. The monoisotopic (exact) mass is 464 g/mol. The van der Waals surface area contributed by atoms with Gasteiger partial charge in [-0.3, -0.25) is 9.79 Å². The first-order chi connectivity index (χ1) is 11.0. The van der Waals surface area contributed by atoms with E-state index in [4.69, 9.17) is 11.6 Å². The van der Waals surface area contributed by atoms with Gasteiger partial charge in [0, 0.05) is 43.7 Å². The van der Waals surface area contributed by atoms with Crippen LogP contribution in [-0.2, 0) is 11.3 Å². The predicted octanol–water partition coefficient (Wildman–Crippen LogP) is 2.88. The van der Waals surface area contributed by atoms with Crippen molar-refractivity contribution in [2.45, 2.75) is 32.9 Å². The summed E-state index contributed by atoms with van der Waals surface area (Å²) >= 11 is 6.16. The SMILES string of the molecule is CN=C(NCc1ccccc1Cl)NC1CCN(C(=O)C(C)C)C1.I. The molecule has 5 nitrogen and oxygen atoms in total. The highest BCUT2D eigenvalue weighted by Gasteiger charge is 2.27. The van der Waals surface area contributed by atoms with Crippen LogP contribution in [0.5, 0.6) is 0 Å². The van der Waals surface area contributed by atoms with Crippen LogP contribution >= 0.6 is 35.6 Å². The van der Waals surface area contributed by atoms with Gasteiger partial charge in [-0.05, 0) is 18.1 Å². The quantitative estimate of drug-likeness (QED) is 0.409. The first-order valence-corrected chi connectivity index (χ1v) is 8.38. The van der Waals surface area contributed by atoms with E-state index >= 15 is 0 Å². The second-order valence-corrected chi connectivity index (χ2v) is 6.49. The van der Waals surface area contributed by atoms with Gasteiger partial charge >= 0.3 is 0 Å². The molecule has 1 aliphatic heterocycles. The molecule has 0 aromatic heterocycles. The van der Waals surface area contributed by atoms with E-state index in [0.29, 0.717) is 6.54 Å². The summed E-state index contributed by atoms with van der Waals surface area (Å²) in [5.74, 6) is 0.994. The minimum Gasteiger partial charge on any atom is -0.352 e. The topological polar surface area (TPSA) is 56.7 Å². The van der Waals surface area contributed by atoms with Crippen LogP contribution in [0.1, 0.15) is 25.8 Å². The van der Waals surface area contributed by atoms with E-state index < -0.39 is 0 Å². The molecule has 0 saturated carbocycles. The van der Waals surface area contributed by atoms with E-state index in [0.717, 1.165) is 36.1 Å². The summed E-state index contributed by atoms with van der Waals surface area (Å²) in [7, 11) is 1.74. The highest BCUT2D eigenvalue weighted by Crippen LogP contribution is 2.15. The standard InChI is InChI=1S/C17H25ClN4O.HI/c1-12(2)16(23)22-9-8-14(11-22)21-17(19-3)20-10-13-6-4-5-7-15(13)18;/h4-7,12,14H,8-11H2,1-3H3,(H2,19,20,21);1H. The normalized spacial score (nSPS) is 17.6. The molecule has 134 valence electrons. The Morgan fingerprint density at radius 2 is 2.12 bits per heavy atom. The van der Waals surface area contributed by atoms with Crippen molar-refractivity contribution in [1.29, 1.82) is 0 Å². The Morgan fingerprint density at radius 3 is 2.75 bits per heavy atom. The molecule has 0 bridgehead atoms. The Labute approximate surface area is 166 Å². The zero-order valence-corrected chi connectivity index (χ0v) is 17.5. The number of nitrogens with zero attached hydrogens (tertiary/aromatic N) is 2. The third-order valence-corrected chi connectivity index (χ3v) is 4.33. The Balaban J connectivity index is 0.00000288. The van der Waals surface area contributed by atoms with Gasteiger partial charge in [0.2, 0.25) is 5.91 Å². The Kier molecular flexibility index (Phi) is 8.83. The van der Waals surface area contributed by atoms with E-state index in [2.05, 4.69) is 15.6 Å². The molecule has 1 fully saturated rings. The molecule has 1 aromatic rings. The van der Waals surface area contributed by atoms with E-state index in [1.807, 2.05) is 43.0 Å². The molecule has 24 heavy (non-hydrogen) atoms. The highest BCUT2D eigenvalue weighted by atomic mass is 127. The lowest BCUT2D eigenvalue weighted by Crippen LogP contribution is -2.45. The maximum atomic E-state index is 12.0. The molecule has 1 atom stereocenters. The molecule has 2 N–H and O–H groups in total. The Morgan fingerprint density at radius 1 is 1.42 bits per heavy atom. The summed E-state index contributed by atoms with van der Waals surface area (Å²) in [6.45, 7) is 6.01. The van der Waals surface area contributed by atoms with Crippen molar-refractivity contribution >= 4 is 47.4 Å². The fourth-order valence-corrected chi connectivity index (χ4v) is 2.85. The third-order valence-electron chi connectivity index (χ3n) is 3.96. The van der Waals surface area contributed by atoms with Gasteiger partial charge in [0.1, 0.15) is 0 Å². The van der Waals surface area contributed by atoms with Crippen LogP contribution in [0.15, 0.2) is 29.3 Å². The van der Waals surface area contributed by atoms with Crippen LogP contribution in [0.3, 0.4) is 0 Å². The molecule has 7 heteroatoms. The van der Waals surface area contributed by atoms with Gasteiger partial charge in [0.05, 0.1) is 0 Å². The van der Waals surface area contributed by atoms with Crippen molar-refractivity contribution < 1.29 is 4.79 Å². The lowest BCUT2D eigenvalue weighted by molar-refractivity contribution is -0.133. The number of hydrogen-bond donors (Lipinski definition) is 2. The summed E-state index contributed by atoms with van der Waals surface area (Å²) < 4.78 is 0. The molecule has 0 aliphatic carbocycles. The smallest absolute Gasteiger partial charge is 0.225 e. The van der Waals surface area contributed by atoms with Gasteiger partial charge in [-0.2, -0.15) is 0 Å². The molecular formula is C17H26ClIN4O. The van der Waals surface area contributed by atoms with Gasteiger partial charge in [-0.1, -0.05) is 43.6 Å². The molecule has 1 unspecified atom stereocenters. The van der Waals surface area contributed by atoms with Gasteiger partial charge in [-0.15, -0.1) is 24.0 Å². The second kappa shape index (κ2) is 10.1. The molecule has 1 amide bonds. The number of amides is 1. The summed E-state index contributed by atoms with van der Waals surface area (Å²) in [6.07, 6.45) is 0.936. The van der Waals surface area contributed by atoms with Crippen molar-refractivity contribution in [1.82, 2.24) is 15.5 Å². The number of halogens is 2. The van der Waals surface area contributed by atoms with Crippen LogP contribution in [0.4, 0.5) is 0 Å². The molecule has 0 radical (unpaired) electrons. The van der Waals surface area contributed by atoms with Gasteiger partial charge in [0.25, 0.3) is 0 Å². The van der Waals surface area contributed by atoms with E-state index in [1.165, 1.54) is 0 Å². The van der Waals surface area contributed by atoms with Gasteiger partial charge in [0.15, 0.2) is 5.96 Å². The summed E-state index contributed by atoms with van der Waals surface area (Å²) in [5, 5.41) is 7.39. The first kappa shape index (κ1) is 21.0. The fraction of sp³-hybridized carbons (Fsp3) is 0.529. The van der Waals surface area contributed by atoms with Crippen LogP contribution in [0.2, 0.25) is 5.02 Å². The van der Waals surface area contributed by atoms with Crippen LogP contribution in [-0.4, -0.2) is 42.9 Å². The Hall–Kier alpha value is -1.02. The lowest BCUT2D eigenvalue weighted by atomic mass is 10.2. The van der Waals surface area contributed by atoms with E-state index in [9.17, 15) is 4.79 Å². The zero-order chi connectivity index (χ0) is 16.8. The van der Waals surface area contributed by atoms with E-state index in [-0.39, 0.29) is 41.8 Å². The molecule has 1 saturated heterocycles. The van der Waals surface area contributed by atoms with Crippen LogP contribution < -0.4 is 10.6 Å². The number of carbonyl (C=O) groups excluding carboxylic acids is 1. The molecule has 1 aromatic carbocycles. The van der Waals surface area contributed by atoms with Gasteiger partial charge in [-0.25, -0.2) is 0 Å². The number of rotatable bonds is 4. The zero-order valence-electron chi connectivity index (χ0n) is 14.4. The average Bonchev–Trinajstić information content (AvgIpc) is 3.00. The first-order valence-electron chi connectivity index (χ1n) is 8.00. The summed E-state index contributed by atoms with van der Waals surface area (Å²) in [4.78, 5) is 18.2. The number of hydrogen-bond acceptors (Lipinski definition) is 2. The number of likely N-dealkylation sites (tertiary alicyclic amines) is 1. The Bertz CT molecular complexity index is 579. The van der Waals surface area contributed by atoms with Crippen molar-refractivity contribution in [3.8, 4) is 0 Å². The average molecular weight is 465 g/mol. The minimum atomic E-state index is 0. The van der Waals surface area contributed by atoms with Gasteiger partial charge < -0.3 is 15.5 Å². The lowest BCUT2D eigenvalue weighted by Gasteiger charge is -2.20. The maximum absolute atomic E-state index is 12.0. The number of carbonyl (C=O) groups is 1.